The van der Waals surface area contributed by atoms with Crippen LogP contribution in [0.4, 0.5) is 0 Å². The highest BCUT2D eigenvalue weighted by Crippen LogP contribution is 2.48. The Morgan fingerprint density at radius 1 is 1.19 bits per heavy atom. The molecule has 27 heavy (non-hydrogen) atoms. The number of rotatable bonds is 6. The van der Waals surface area contributed by atoms with Crippen LogP contribution in [0.1, 0.15) is 55.9 Å². The lowest BCUT2D eigenvalue weighted by molar-refractivity contribution is -0.116. The van der Waals surface area contributed by atoms with Crippen molar-refractivity contribution >= 4 is 29.8 Å². The van der Waals surface area contributed by atoms with Gasteiger partial charge in [-0.05, 0) is 69.2 Å². The van der Waals surface area contributed by atoms with Gasteiger partial charge in [0.15, 0.2) is 0 Å². The molecule has 7 heteroatoms. The molecule has 0 radical (unpaired) electrons. The Bertz CT molecular complexity index is 765. The lowest BCUT2D eigenvalue weighted by Crippen LogP contribution is -2.55. The van der Waals surface area contributed by atoms with Crippen molar-refractivity contribution in [2.45, 2.75) is 56.5 Å². The lowest BCUT2D eigenvalue weighted by atomic mass is 9.78. The van der Waals surface area contributed by atoms with E-state index in [1.54, 1.807) is 30.1 Å². The Morgan fingerprint density at radius 2 is 1.93 bits per heavy atom. The molecule has 2 fully saturated rings. The highest BCUT2D eigenvalue weighted by molar-refractivity contribution is 8.01. The van der Waals surface area contributed by atoms with Crippen molar-refractivity contribution < 1.29 is 9.59 Å². The number of aliphatic imine (C=N–C) groups is 1. The van der Waals surface area contributed by atoms with E-state index in [4.69, 9.17) is 0 Å². The molecule has 6 nitrogen and oxygen atoms in total. The van der Waals surface area contributed by atoms with Gasteiger partial charge in [0.25, 0.3) is 11.8 Å². The molecule has 1 aromatic heterocycles. The third-order valence-corrected chi connectivity index (χ3v) is 5.98. The first-order chi connectivity index (χ1) is 13.0. The maximum atomic E-state index is 12.6. The predicted molar refractivity (Wildman–Crippen MR) is 109 cm³/mol. The first-order valence-corrected chi connectivity index (χ1v) is 10.5. The zero-order chi connectivity index (χ0) is 19.3. The topological polar surface area (TPSA) is 83.5 Å². The van der Waals surface area contributed by atoms with Gasteiger partial charge in [0.1, 0.15) is 5.69 Å². The summed E-state index contributed by atoms with van der Waals surface area (Å²) in [5, 5.41) is 8.28. The van der Waals surface area contributed by atoms with Crippen molar-refractivity contribution in [1.29, 1.82) is 0 Å². The van der Waals surface area contributed by atoms with Gasteiger partial charge in [-0.3, -0.25) is 19.6 Å². The average molecular weight is 387 g/mol. The zero-order valence-electron chi connectivity index (χ0n) is 15.8. The van der Waals surface area contributed by atoms with Gasteiger partial charge in [-0.2, -0.15) is 0 Å². The van der Waals surface area contributed by atoms with E-state index in [1.165, 1.54) is 6.21 Å². The van der Waals surface area contributed by atoms with Crippen molar-refractivity contribution in [3.8, 4) is 0 Å². The quantitative estimate of drug-likeness (QED) is 0.736. The molecule has 2 bridgehead atoms. The smallest absolute Gasteiger partial charge is 0.270 e. The van der Waals surface area contributed by atoms with Crippen LogP contribution in [0.3, 0.4) is 0 Å². The summed E-state index contributed by atoms with van der Waals surface area (Å²) < 4.78 is 0. The summed E-state index contributed by atoms with van der Waals surface area (Å²) >= 11 is 1.56. The number of nitrogens with zero attached hydrogens (tertiary/aromatic N) is 2. The first kappa shape index (κ1) is 19.6. The Morgan fingerprint density at radius 3 is 2.59 bits per heavy atom. The van der Waals surface area contributed by atoms with Gasteiger partial charge in [0.2, 0.25) is 0 Å². The van der Waals surface area contributed by atoms with E-state index < -0.39 is 0 Å². The lowest BCUT2D eigenvalue weighted by Gasteiger charge is -2.40. The molecular formula is C20H26N4O2S. The van der Waals surface area contributed by atoms with Crippen molar-refractivity contribution in [2.24, 2.45) is 4.99 Å². The van der Waals surface area contributed by atoms with Gasteiger partial charge in [-0.1, -0.05) is 6.07 Å². The first-order valence-electron chi connectivity index (χ1n) is 9.25. The monoisotopic (exact) mass is 386 g/mol. The normalized spacial score (nSPS) is 27.6. The molecule has 0 aromatic carbocycles. The fourth-order valence-electron chi connectivity index (χ4n) is 4.29. The molecule has 2 N–H and O–H groups in total. The maximum Gasteiger partial charge on any atom is 0.270 e. The number of pyridine rings is 1. The van der Waals surface area contributed by atoms with Gasteiger partial charge in [-0.15, -0.1) is 11.8 Å². The van der Waals surface area contributed by atoms with Crippen LogP contribution >= 0.6 is 11.8 Å². The van der Waals surface area contributed by atoms with Gasteiger partial charge in [-0.25, -0.2) is 0 Å². The van der Waals surface area contributed by atoms with E-state index in [0.29, 0.717) is 5.69 Å². The highest BCUT2D eigenvalue weighted by atomic mass is 32.2. The van der Waals surface area contributed by atoms with Gasteiger partial charge >= 0.3 is 0 Å². The average Bonchev–Trinajstić information content (AvgIpc) is 2.90. The van der Waals surface area contributed by atoms with Crippen molar-refractivity contribution in [3.05, 3.63) is 41.2 Å². The largest absolute Gasteiger partial charge is 0.346 e. The summed E-state index contributed by atoms with van der Waals surface area (Å²) in [5.74, 6) is -0.309. The number of carbonyl (C=O) groups is 2. The summed E-state index contributed by atoms with van der Waals surface area (Å²) in [6.07, 6.45) is 10.3. The summed E-state index contributed by atoms with van der Waals surface area (Å²) in [4.78, 5) is 33.3. The number of carbonyl (C=O) groups excluding carboxylic acids is 2. The van der Waals surface area contributed by atoms with Gasteiger partial charge in [0, 0.05) is 23.0 Å². The van der Waals surface area contributed by atoms with Crippen LogP contribution in [0, 0.1) is 0 Å². The second-order valence-corrected chi connectivity index (χ2v) is 8.21. The van der Waals surface area contributed by atoms with Crippen molar-refractivity contribution in [3.63, 3.8) is 0 Å². The summed E-state index contributed by atoms with van der Waals surface area (Å²) in [6, 6.07) is 5.33. The van der Waals surface area contributed by atoms with Crippen LogP contribution in [-0.2, 0) is 4.79 Å². The van der Waals surface area contributed by atoms with Gasteiger partial charge in [0.05, 0.1) is 6.21 Å². The predicted octanol–water partition coefficient (Wildman–Crippen LogP) is 3.07. The Labute approximate surface area is 164 Å². The number of allylic oxidation sites excluding steroid dienone is 1. The number of nitrogens with one attached hydrogen (secondary N) is 2. The van der Waals surface area contributed by atoms with E-state index in [-0.39, 0.29) is 22.9 Å². The molecule has 2 aliphatic rings. The molecule has 2 aliphatic carbocycles. The standard InChI is InChI=1S/C20H26N4O2S/c1-15(13-27-2)22-12-17(25)23-19-7-5-8-20(14-19,10-9-19)24-18(26)16-6-3-4-11-21-16/h3-4,6,11-13H,5,7-10,14H2,1-2H3,(H,23,25)(H,24,26)/b15-13-,22-12?. The summed E-state index contributed by atoms with van der Waals surface area (Å²) in [5.41, 5.74) is 0.728. The van der Waals surface area contributed by atoms with Crippen LogP contribution in [-0.4, -0.2) is 40.3 Å². The van der Waals surface area contributed by atoms with E-state index >= 15 is 0 Å². The molecule has 144 valence electrons. The van der Waals surface area contributed by atoms with Crippen LogP contribution in [0.25, 0.3) is 0 Å². The van der Waals surface area contributed by atoms with Crippen LogP contribution in [0.5, 0.6) is 0 Å². The SMILES string of the molecule is CS/C=C(/C)N=CC(=O)NC12CCCC(NC(=O)c3ccccn3)(CC1)C2. The molecular weight excluding hydrogens is 360 g/mol. The molecule has 2 amide bonds. The molecule has 1 heterocycles. The molecule has 2 saturated carbocycles. The van der Waals surface area contributed by atoms with Crippen molar-refractivity contribution in [1.82, 2.24) is 15.6 Å². The Kier molecular flexibility index (Phi) is 5.99. The van der Waals surface area contributed by atoms with Gasteiger partial charge < -0.3 is 10.6 Å². The minimum absolute atomic E-state index is 0.140. The number of hydrogen-bond acceptors (Lipinski definition) is 5. The third kappa shape index (κ3) is 4.77. The van der Waals surface area contributed by atoms with Crippen LogP contribution < -0.4 is 10.6 Å². The second kappa shape index (κ2) is 8.25. The number of thioether (sulfide) groups is 1. The van der Waals surface area contributed by atoms with E-state index in [9.17, 15) is 9.59 Å². The molecule has 1 aromatic rings. The molecule has 0 saturated heterocycles. The Hall–Kier alpha value is -2.15. The minimum atomic E-state index is -0.258. The third-order valence-electron chi connectivity index (χ3n) is 5.41. The molecule has 2 unspecified atom stereocenters. The molecule has 0 spiro atoms. The molecule has 2 atom stereocenters. The Balaban J connectivity index is 1.64. The van der Waals surface area contributed by atoms with E-state index in [1.807, 2.05) is 24.7 Å². The van der Waals surface area contributed by atoms with Crippen molar-refractivity contribution in [2.75, 3.05) is 6.26 Å². The minimum Gasteiger partial charge on any atom is -0.346 e. The number of hydrogen-bond donors (Lipinski definition) is 2. The zero-order valence-corrected chi connectivity index (χ0v) is 16.6. The molecule has 3 rings (SSSR count). The number of amides is 2. The van der Waals surface area contributed by atoms with Crippen LogP contribution in [0.2, 0.25) is 0 Å². The fraction of sp³-hybridized carbons (Fsp3) is 0.500. The number of aromatic nitrogens is 1. The fourth-order valence-corrected chi connectivity index (χ4v) is 4.69. The summed E-state index contributed by atoms with van der Waals surface area (Å²) in [7, 11) is 0. The molecule has 0 aliphatic heterocycles. The second-order valence-electron chi connectivity index (χ2n) is 7.50. The van der Waals surface area contributed by atoms with Crippen LogP contribution in [0.15, 0.2) is 40.5 Å². The maximum absolute atomic E-state index is 12.6. The number of fused-ring (bicyclic) bond motifs is 2. The highest BCUT2D eigenvalue weighted by Gasteiger charge is 2.52. The van der Waals surface area contributed by atoms with E-state index in [0.717, 1.165) is 44.2 Å². The summed E-state index contributed by atoms with van der Waals surface area (Å²) in [6.45, 7) is 1.87. The van der Waals surface area contributed by atoms with E-state index in [2.05, 4.69) is 20.6 Å².